The van der Waals surface area contributed by atoms with Crippen molar-refractivity contribution in [1.29, 1.82) is 0 Å². The number of hydrogen-bond acceptors (Lipinski definition) is 3. The molecule has 0 saturated carbocycles. The first-order chi connectivity index (χ1) is 10.9. The van der Waals surface area contributed by atoms with E-state index in [1.807, 2.05) is 6.92 Å². The number of aromatic amines is 1. The van der Waals surface area contributed by atoms with Gasteiger partial charge in [0.2, 0.25) is 0 Å². The Morgan fingerprint density at radius 3 is 2.48 bits per heavy atom. The van der Waals surface area contributed by atoms with Crippen LogP contribution in [-0.2, 0) is 6.42 Å². The minimum atomic E-state index is -0.253. The molecule has 0 spiro atoms. The number of halogens is 1. The first-order valence-corrected chi connectivity index (χ1v) is 7.82. The molecule has 1 aromatic carbocycles. The van der Waals surface area contributed by atoms with Crippen molar-refractivity contribution < 1.29 is 4.39 Å². The van der Waals surface area contributed by atoms with Crippen LogP contribution in [0, 0.1) is 25.6 Å². The van der Waals surface area contributed by atoms with Gasteiger partial charge in [0.15, 0.2) is 0 Å². The molecule has 2 aromatic heterocycles. The summed E-state index contributed by atoms with van der Waals surface area (Å²) in [4.78, 5) is 12.5. The Morgan fingerprint density at radius 1 is 1.13 bits per heavy atom. The normalized spacial score (nSPS) is 11.4. The molecule has 0 atom stereocenters. The molecule has 0 fully saturated rings. The van der Waals surface area contributed by atoms with Gasteiger partial charge in [-0.1, -0.05) is 13.8 Å². The molecule has 0 saturated heterocycles. The van der Waals surface area contributed by atoms with Gasteiger partial charge in [-0.15, -0.1) is 0 Å². The molecule has 0 aliphatic heterocycles. The van der Waals surface area contributed by atoms with E-state index in [0.717, 1.165) is 29.0 Å². The van der Waals surface area contributed by atoms with Crippen LogP contribution >= 0.6 is 0 Å². The van der Waals surface area contributed by atoms with Crippen LogP contribution in [0.1, 0.15) is 30.9 Å². The average molecular weight is 312 g/mol. The van der Waals surface area contributed by atoms with Gasteiger partial charge in [-0.05, 0) is 56.0 Å². The van der Waals surface area contributed by atoms with E-state index in [1.165, 1.54) is 23.4 Å². The quantitative estimate of drug-likeness (QED) is 0.737. The number of benzene rings is 1. The lowest BCUT2D eigenvalue weighted by Gasteiger charge is -2.08. The first-order valence-electron chi connectivity index (χ1n) is 7.82. The van der Waals surface area contributed by atoms with Crippen LogP contribution in [0.2, 0.25) is 0 Å². The van der Waals surface area contributed by atoms with E-state index in [0.29, 0.717) is 11.7 Å². The maximum atomic E-state index is 13.1. The zero-order chi connectivity index (χ0) is 16.6. The topological polar surface area (TPSA) is 53.6 Å². The van der Waals surface area contributed by atoms with Crippen molar-refractivity contribution in [2.24, 2.45) is 5.92 Å². The maximum absolute atomic E-state index is 13.1. The van der Waals surface area contributed by atoms with Gasteiger partial charge in [-0.3, -0.25) is 0 Å². The molecule has 0 aliphatic rings. The summed E-state index contributed by atoms with van der Waals surface area (Å²) < 4.78 is 13.1. The second-order valence-electron chi connectivity index (χ2n) is 6.30. The lowest BCUT2D eigenvalue weighted by molar-refractivity contribution is 0.628. The predicted octanol–water partition coefficient (Wildman–Crippen LogP) is 4.66. The molecule has 0 radical (unpaired) electrons. The number of anilines is 2. The monoisotopic (exact) mass is 312 g/mol. The molecule has 3 rings (SSSR count). The molecule has 120 valence electrons. The SMILES string of the molecule is Cc1nc(Nc2ccc(F)cc2)c2c(C)c(CC(C)C)[nH]c2n1. The van der Waals surface area contributed by atoms with E-state index in [2.05, 4.69) is 41.0 Å². The van der Waals surface area contributed by atoms with Gasteiger partial charge >= 0.3 is 0 Å². The first kappa shape index (κ1) is 15.5. The summed E-state index contributed by atoms with van der Waals surface area (Å²) in [5.74, 6) is 1.75. The second-order valence-corrected chi connectivity index (χ2v) is 6.30. The molecule has 0 bridgehead atoms. The third kappa shape index (κ3) is 3.18. The standard InChI is InChI=1S/C18H21FN4/c1-10(2)9-15-11(3)16-17(20-12(4)21-18(16)23-15)22-14-7-5-13(19)6-8-14/h5-8,10H,9H2,1-4H3,(H2,20,21,22,23). The largest absolute Gasteiger partial charge is 0.343 e. The Labute approximate surface area is 135 Å². The number of nitrogens with zero attached hydrogens (tertiary/aromatic N) is 2. The molecule has 0 unspecified atom stereocenters. The summed E-state index contributed by atoms with van der Waals surface area (Å²) in [7, 11) is 0. The van der Waals surface area contributed by atoms with Crippen molar-refractivity contribution in [3.63, 3.8) is 0 Å². The molecule has 2 N–H and O–H groups in total. The molecular formula is C18H21FN4. The number of aromatic nitrogens is 3. The predicted molar refractivity (Wildman–Crippen MR) is 91.6 cm³/mol. The summed E-state index contributed by atoms with van der Waals surface area (Å²) in [6.07, 6.45) is 0.969. The van der Waals surface area contributed by atoms with Gasteiger partial charge < -0.3 is 10.3 Å². The van der Waals surface area contributed by atoms with E-state index in [4.69, 9.17) is 0 Å². The molecule has 4 nitrogen and oxygen atoms in total. The van der Waals surface area contributed by atoms with Crippen LogP contribution in [0.4, 0.5) is 15.9 Å². The van der Waals surface area contributed by atoms with Crippen LogP contribution in [0.25, 0.3) is 11.0 Å². The number of rotatable bonds is 4. The summed E-state index contributed by atoms with van der Waals surface area (Å²) in [5, 5.41) is 4.28. The smallest absolute Gasteiger partial charge is 0.143 e. The molecule has 2 heterocycles. The minimum Gasteiger partial charge on any atom is -0.343 e. The number of H-pyrrole nitrogens is 1. The number of nitrogens with one attached hydrogen (secondary N) is 2. The molecule has 0 aliphatic carbocycles. The van der Waals surface area contributed by atoms with Gasteiger partial charge in [0.25, 0.3) is 0 Å². The van der Waals surface area contributed by atoms with E-state index >= 15 is 0 Å². The Kier molecular flexibility index (Phi) is 4.03. The van der Waals surface area contributed by atoms with Gasteiger partial charge in [0, 0.05) is 11.4 Å². The third-order valence-electron chi connectivity index (χ3n) is 3.84. The summed E-state index contributed by atoms with van der Waals surface area (Å²) >= 11 is 0. The van der Waals surface area contributed by atoms with Crippen LogP contribution in [-0.4, -0.2) is 15.0 Å². The number of fused-ring (bicyclic) bond motifs is 1. The lowest BCUT2D eigenvalue weighted by atomic mass is 10.0. The van der Waals surface area contributed by atoms with Crippen LogP contribution < -0.4 is 5.32 Å². The maximum Gasteiger partial charge on any atom is 0.143 e. The Balaban J connectivity index is 2.08. The fourth-order valence-electron chi connectivity index (χ4n) is 2.78. The van der Waals surface area contributed by atoms with E-state index in [9.17, 15) is 4.39 Å². The summed E-state index contributed by atoms with van der Waals surface area (Å²) in [5.41, 5.74) is 4.00. The lowest BCUT2D eigenvalue weighted by Crippen LogP contribution is -1.99. The number of hydrogen-bond donors (Lipinski definition) is 2. The Morgan fingerprint density at radius 2 is 1.83 bits per heavy atom. The second kappa shape index (κ2) is 5.99. The number of aryl methyl sites for hydroxylation is 2. The zero-order valence-electron chi connectivity index (χ0n) is 13.9. The van der Waals surface area contributed by atoms with Gasteiger partial charge in [0.05, 0.1) is 5.39 Å². The third-order valence-corrected chi connectivity index (χ3v) is 3.84. The van der Waals surface area contributed by atoms with Crippen LogP contribution in [0.15, 0.2) is 24.3 Å². The average Bonchev–Trinajstić information content (AvgIpc) is 2.77. The van der Waals surface area contributed by atoms with Gasteiger partial charge in [0.1, 0.15) is 23.1 Å². The van der Waals surface area contributed by atoms with Crippen molar-refractivity contribution in [2.45, 2.75) is 34.1 Å². The highest BCUT2D eigenvalue weighted by atomic mass is 19.1. The zero-order valence-corrected chi connectivity index (χ0v) is 13.9. The molecule has 23 heavy (non-hydrogen) atoms. The fourth-order valence-corrected chi connectivity index (χ4v) is 2.78. The van der Waals surface area contributed by atoms with Gasteiger partial charge in [-0.2, -0.15) is 0 Å². The highest BCUT2D eigenvalue weighted by Crippen LogP contribution is 2.30. The van der Waals surface area contributed by atoms with Crippen molar-refractivity contribution in [2.75, 3.05) is 5.32 Å². The van der Waals surface area contributed by atoms with Crippen molar-refractivity contribution in [3.8, 4) is 0 Å². The highest BCUT2D eigenvalue weighted by Gasteiger charge is 2.15. The van der Waals surface area contributed by atoms with Crippen molar-refractivity contribution in [1.82, 2.24) is 15.0 Å². The summed E-state index contributed by atoms with van der Waals surface area (Å²) in [6.45, 7) is 8.34. The van der Waals surface area contributed by atoms with Crippen LogP contribution in [0.3, 0.4) is 0 Å². The van der Waals surface area contributed by atoms with E-state index in [1.54, 1.807) is 12.1 Å². The van der Waals surface area contributed by atoms with E-state index < -0.39 is 0 Å². The Bertz CT molecular complexity index is 834. The molecule has 5 heteroatoms. The summed E-state index contributed by atoms with van der Waals surface area (Å²) in [6, 6.07) is 6.27. The van der Waals surface area contributed by atoms with Gasteiger partial charge in [-0.25, -0.2) is 14.4 Å². The molecule has 3 aromatic rings. The van der Waals surface area contributed by atoms with Crippen molar-refractivity contribution in [3.05, 3.63) is 47.2 Å². The molecular weight excluding hydrogens is 291 g/mol. The van der Waals surface area contributed by atoms with E-state index in [-0.39, 0.29) is 5.82 Å². The molecule has 0 amide bonds. The van der Waals surface area contributed by atoms with Crippen molar-refractivity contribution >= 4 is 22.5 Å². The fraction of sp³-hybridized carbons (Fsp3) is 0.333. The van der Waals surface area contributed by atoms with Crippen LogP contribution in [0.5, 0.6) is 0 Å². The minimum absolute atomic E-state index is 0.253. The highest BCUT2D eigenvalue weighted by molar-refractivity contribution is 5.93. The Hall–Kier alpha value is -2.43.